The molecule has 0 atom stereocenters. The van der Waals surface area contributed by atoms with Crippen LogP contribution < -0.4 is 20.1 Å². The lowest BCUT2D eigenvalue weighted by molar-refractivity contribution is 0.102. The Morgan fingerprint density at radius 2 is 1.75 bits per heavy atom. The fourth-order valence-corrected chi connectivity index (χ4v) is 3.08. The van der Waals surface area contributed by atoms with Crippen molar-refractivity contribution >= 4 is 28.9 Å². The summed E-state index contributed by atoms with van der Waals surface area (Å²) < 4.78 is 24.5. The number of halogens is 2. The molecule has 0 radical (unpaired) electrons. The van der Waals surface area contributed by atoms with E-state index in [-0.39, 0.29) is 17.4 Å². The number of hydrogen-bond donors (Lipinski definition) is 2. The molecule has 0 spiro atoms. The van der Waals surface area contributed by atoms with Gasteiger partial charge in [0.1, 0.15) is 5.82 Å². The van der Waals surface area contributed by atoms with Gasteiger partial charge in [0, 0.05) is 17.9 Å². The zero-order valence-electron chi connectivity index (χ0n) is 14.7. The summed E-state index contributed by atoms with van der Waals surface area (Å²) in [5.41, 5.74) is 2.29. The van der Waals surface area contributed by atoms with Gasteiger partial charge in [-0.2, -0.15) is 0 Å². The van der Waals surface area contributed by atoms with Crippen molar-refractivity contribution in [1.82, 2.24) is 0 Å². The van der Waals surface area contributed by atoms with Gasteiger partial charge in [0.2, 0.25) is 6.79 Å². The van der Waals surface area contributed by atoms with E-state index in [9.17, 15) is 9.18 Å². The SMILES string of the molecule is O=C(Nc1ccc(NCc2ccc3c(c2)OCO3)cc1)c1c(F)cccc1Cl. The van der Waals surface area contributed by atoms with Crippen molar-refractivity contribution in [3.05, 3.63) is 82.6 Å². The van der Waals surface area contributed by atoms with Crippen LogP contribution in [0.5, 0.6) is 11.5 Å². The van der Waals surface area contributed by atoms with Crippen molar-refractivity contribution < 1.29 is 18.7 Å². The predicted octanol–water partition coefficient (Wildman–Crippen LogP) is 5.07. The minimum absolute atomic E-state index is 0.0690. The smallest absolute Gasteiger partial charge is 0.260 e. The number of benzene rings is 3. The van der Waals surface area contributed by atoms with Crippen LogP contribution in [-0.4, -0.2) is 12.7 Å². The molecule has 0 aliphatic carbocycles. The van der Waals surface area contributed by atoms with Crippen LogP contribution in [0.2, 0.25) is 5.02 Å². The summed E-state index contributed by atoms with van der Waals surface area (Å²) in [6, 6.07) is 17.0. The van der Waals surface area contributed by atoms with E-state index in [0.29, 0.717) is 12.2 Å². The zero-order valence-corrected chi connectivity index (χ0v) is 15.4. The summed E-state index contributed by atoms with van der Waals surface area (Å²) in [5, 5.41) is 6.01. The van der Waals surface area contributed by atoms with Crippen LogP contribution in [-0.2, 0) is 6.54 Å². The third-order valence-corrected chi connectivity index (χ3v) is 4.58. The number of carbonyl (C=O) groups excluding carboxylic acids is 1. The van der Waals surface area contributed by atoms with Gasteiger partial charge in [-0.1, -0.05) is 23.7 Å². The maximum Gasteiger partial charge on any atom is 0.260 e. The average molecular weight is 399 g/mol. The van der Waals surface area contributed by atoms with Gasteiger partial charge in [-0.05, 0) is 54.1 Å². The molecule has 1 aliphatic heterocycles. The maximum absolute atomic E-state index is 13.8. The quantitative estimate of drug-likeness (QED) is 0.629. The fourth-order valence-electron chi connectivity index (χ4n) is 2.83. The Bertz CT molecular complexity index is 1000. The normalized spacial score (nSPS) is 11.9. The molecular formula is C21H16ClFN2O3. The van der Waals surface area contributed by atoms with Crippen LogP contribution >= 0.6 is 11.6 Å². The van der Waals surface area contributed by atoms with Gasteiger partial charge < -0.3 is 20.1 Å². The molecule has 3 aromatic rings. The first kappa shape index (κ1) is 18.1. The lowest BCUT2D eigenvalue weighted by Crippen LogP contribution is -2.14. The molecule has 7 heteroatoms. The second-order valence-electron chi connectivity index (χ2n) is 6.17. The highest BCUT2D eigenvalue weighted by molar-refractivity contribution is 6.34. The van der Waals surface area contributed by atoms with Gasteiger partial charge in [0.05, 0.1) is 10.6 Å². The monoisotopic (exact) mass is 398 g/mol. The highest BCUT2D eigenvalue weighted by Gasteiger charge is 2.16. The summed E-state index contributed by atoms with van der Waals surface area (Å²) in [7, 11) is 0. The molecule has 4 rings (SSSR count). The molecule has 3 aromatic carbocycles. The highest BCUT2D eigenvalue weighted by atomic mass is 35.5. The number of nitrogens with one attached hydrogen (secondary N) is 2. The van der Waals surface area contributed by atoms with Crippen LogP contribution in [0.15, 0.2) is 60.7 Å². The molecule has 0 bridgehead atoms. The molecule has 0 unspecified atom stereocenters. The fraction of sp³-hybridized carbons (Fsp3) is 0.0952. The van der Waals surface area contributed by atoms with E-state index in [4.69, 9.17) is 21.1 Å². The van der Waals surface area contributed by atoms with Crippen LogP contribution in [0.25, 0.3) is 0 Å². The molecule has 5 nitrogen and oxygen atoms in total. The predicted molar refractivity (Wildman–Crippen MR) is 106 cm³/mol. The van der Waals surface area contributed by atoms with Crippen LogP contribution in [0.4, 0.5) is 15.8 Å². The minimum Gasteiger partial charge on any atom is -0.454 e. The van der Waals surface area contributed by atoms with E-state index in [0.717, 1.165) is 22.7 Å². The van der Waals surface area contributed by atoms with E-state index in [1.807, 2.05) is 30.3 Å². The summed E-state index contributed by atoms with van der Waals surface area (Å²) in [4.78, 5) is 12.3. The third kappa shape index (κ3) is 3.87. The molecule has 0 saturated carbocycles. The zero-order chi connectivity index (χ0) is 19.5. The number of fused-ring (bicyclic) bond motifs is 1. The molecule has 1 amide bonds. The van der Waals surface area contributed by atoms with Crippen LogP contribution in [0, 0.1) is 5.82 Å². The maximum atomic E-state index is 13.8. The van der Waals surface area contributed by atoms with E-state index >= 15 is 0 Å². The third-order valence-electron chi connectivity index (χ3n) is 4.27. The number of hydrogen-bond acceptors (Lipinski definition) is 4. The summed E-state index contributed by atoms with van der Waals surface area (Å²) in [5.74, 6) is 0.235. The Labute approximate surface area is 166 Å². The molecule has 1 heterocycles. The van der Waals surface area contributed by atoms with Crippen molar-refractivity contribution in [2.45, 2.75) is 6.54 Å². The molecule has 28 heavy (non-hydrogen) atoms. The van der Waals surface area contributed by atoms with Gasteiger partial charge in [-0.25, -0.2) is 4.39 Å². The summed E-state index contributed by atoms with van der Waals surface area (Å²) in [6.45, 7) is 0.852. The van der Waals surface area contributed by atoms with Crippen molar-refractivity contribution in [1.29, 1.82) is 0 Å². The molecular weight excluding hydrogens is 383 g/mol. The first-order valence-corrected chi connectivity index (χ1v) is 8.96. The standard InChI is InChI=1S/C21H16ClFN2O3/c22-16-2-1-3-17(23)20(16)21(26)25-15-7-5-14(6-8-15)24-11-13-4-9-18-19(10-13)28-12-27-18/h1-10,24H,11-12H2,(H,25,26). The molecule has 0 fully saturated rings. The highest BCUT2D eigenvalue weighted by Crippen LogP contribution is 2.32. The van der Waals surface area contributed by atoms with Crippen molar-refractivity contribution in [2.75, 3.05) is 17.4 Å². The first-order valence-electron chi connectivity index (χ1n) is 8.58. The Hall–Kier alpha value is -3.25. The Morgan fingerprint density at radius 1 is 1.00 bits per heavy atom. The Balaban J connectivity index is 1.38. The first-order chi connectivity index (χ1) is 13.6. The molecule has 0 saturated heterocycles. The Morgan fingerprint density at radius 3 is 2.54 bits per heavy atom. The van der Waals surface area contributed by atoms with Gasteiger partial charge in [0.25, 0.3) is 5.91 Å². The van der Waals surface area contributed by atoms with E-state index in [1.165, 1.54) is 18.2 Å². The van der Waals surface area contributed by atoms with Gasteiger partial charge in [-0.3, -0.25) is 4.79 Å². The van der Waals surface area contributed by atoms with Crippen molar-refractivity contribution in [3.63, 3.8) is 0 Å². The van der Waals surface area contributed by atoms with Crippen LogP contribution in [0.3, 0.4) is 0 Å². The number of rotatable bonds is 5. The van der Waals surface area contributed by atoms with Gasteiger partial charge in [-0.15, -0.1) is 0 Å². The Kier molecular flexibility index (Phi) is 5.04. The summed E-state index contributed by atoms with van der Waals surface area (Å²) >= 11 is 5.92. The van der Waals surface area contributed by atoms with E-state index in [1.54, 1.807) is 12.1 Å². The lowest BCUT2D eigenvalue weighted by Gasteiger charge is -2.10. The minimum atomic E-state index is -0.660. The topological polar surface area (TPSA) is 59.6 Å². The molecule has 142 valence electrons. The lowest BCUT2D eigenvalue weighted by atomic mass is 10.2. The van der Waals surface area contributed by atoms with E-state index < -0.39 is 11.7 Å². The molecule has 2 N–H and O–H groups in total. The number of amides is 1. The average Bonchev–Trinajstić information content (AvgIpc) is 3.15. The van der Waals surface area contributed by atoms with Crippen LogP contribution in [0.1, 0.15) is 15.9 Å². The van der Waals surface area contributed by atoms with Crippen molar-refractivity contribution in [2.24, 2.45) is 0 Å². The number of carbonyl (C=O) groups is 1. The van der Waals surface area contributed by atoms with Gasteiger partial charge in [0.15, 0.2) is 11.5 Å². The van der Waals surface area contributed by atoms with Gasteiger partial charge >= 0.3 is 0 Å². The number of anilines is 2. The molecule has 0 aromatic heterocycles. The second-order valence-corrected chi connectivity index (χ2v) is 6.58. The second kappa shape index (κ2) is 7.78. The van der Waals surface area contributed by atoms with Crippen molar-refractivity contribution in [3.8, 4) is 11.5 Å². The number of ether oxygens (including phenoxy) is 2. The molecule has 1 aliphatic rings. The van der Waals surface area contributed by atoms with E-state index in [2.05, 4.69) is 10.6 Å². The largest absolute Gasteiger partial charge is 0.454 e. The summed E-state index contributed by atoms with van der Waals surface area (Å²) in [6.07, 6.45) is 0.